The van der Waals surface area contributed by atoms with Crippen molar-refractivity contribution in [2.75, 3.05) is 31.5 Å². The van der Waals surface area contributed by atoms with Gasteiger partial charge in [-0.25, -0.2) is 0 Å². The van der Waals surface area contributed by atoms with Crippen LogP contribution in [0.25, 0.3) is 0 Å². The average molecular weight is 479 g/mol. The van der Waals surface area contributed by atoms with Crippen molar-refractivity contribution in [1.82, 2.24) is 15.0 Å². The summed E-state index contributed by atoms with van der Waals surface area (Å²) >= 11 is 0. The second-order valence-corrected chi connectivity index (χ2v) is 9.49. The fraction of sp³-hybridized carbons (Fsp3) is 0.815. The van der Waals surface area contributed by atoms with Crippen molar-refractivity contribution in [2.45, 2.75) is 118 Å². The fourth-order valence-corrected chi connectivity index (χ4v) is 4.29. The summed E-state index contributed by atoms with van der Waals surface area (Å²) in [7, 11) is 0. The molecule has 0 fully saturated rings. The molecule has 34 heavy (non-hydrogen) atoms. The van der Waals surface area contributed by atoms with Gasteiger partial charge in [-0.3, -0.25) is 9.59 Å². The zero-order chi connectivity index (χ0) is 25.2. The van der Waals surface area contributed by atoms with Crippen molar-refractivity contribution in [3.8, 4) is 0 Å². The standard InChI is InChI=1S/C27H50N4O3/c1-6-9-10-11-12-13-14-15-16-19-27(33)31(23(4)18-17-20-30(7-2)8-3)22-26(32)28-25-21-24(5)34-29-25/h21,23H,6-20,22H2,1-5H3,(H,28,29,32). The summed E-state index contributed by atoms with van der Waals surface area (Å²) in [6, 6.07) is 1.70. The lowest BCUT2D eigenvalue weighted by molar-refractivity contribution is -0.137. The molecule has 0 bridgehead atoms. The first-order chi connectivity index (χ1) is 16.4. The molecule has 0 spiro atoms. The van der Waals surface area contributed by atoms with Gasteiger partial charge in [-0.05, 0) is 52.7 Å². The second-order valence-electron chi connectivity index (χ2n) is 9.49. The zero-order valence-corrected chi connectivity index (χ0v) is 22.5. The summed E-state index contributed by atoms with van der Waals surface area (Å²) in [5.74, 6) is 0.871. The molecule has 0 aliphatic carbocycles. The Morgan fingerprint density at radius 1 is 0.971 bits per heavy atom. The number of aromatic nitrogens is 1. The lowest BCUT2D eigenvalue weighted by Gasteiger charge is -2.29. The van der Waals surface area contributed by atoms with E-state index in [4.69, 9.17) is 4.52 Å². The SMILES string of the molecule is CCCCCCCCCCCC(=O)N(CC(=O)Nc1cc(C)on1)C(C)CCCN(CC)CC. The van der Waals surface area contributed by atoms with Gasteiger partial charge in [-0.2, -0.15) is 0 Å². The molecule has 7 nitrogen and oxygen atoms in total. The number of carbonyl (C=O) groups excluding carboxylic acids is 2. The molecule has 0 saturated heterocycles. The molecule has 1 atom stereocenters. The van der Waals surface area contributed by atoms with Gasteiger partial charge < -0.3 is 19.6 Å². The number of carbonyl (C=O) groups is 2. The number of hydrogen-bond donors (Lipinski definition) is 1. The van der Waals surface area contributed by atoms with E-state index in [1.54, 1.807) is 17.9 Å². The van der Waals surface area contributed by atoms with Crippen LogP contribution < -0.4 is 5.32 Å². The monoisotopic (exact) mass is 478 g/mol. The first kappa shape index (κ1) is 30.1. The van der Waals surface area contributed by atoms with Gasteiger partial charge in [-0.15, -0.1) is 0 Å². The Balaban J connectivity index is 2.52. The van der Waals surface area contributed by atoms with E-state index in [0.29, 0.717) is 18.0 Å². The quantitative estimate of drug-likeness (QED) is 0.226. The molecule has 0 aromatic carbocycles. The highest BCUT2D eigenvalue weighted by Crippen LogP contribution is 2.15. The van der Waals surface area contributed by atoms with Gasteiger partial charge in [0.2, 0.25) is 11.8 Å². The predicted octanol–water partition coefficient (Wildman–Crippen LogP) is 6.18. The van der Waals surface area contributed by atoms with Gasteiger partial charge in [0, 0.05) is 18.5 Å². The maximum Gasteiger partial charge on any atom is 0.245 e. The zero-order valence-electron chi connectivity index (χ0n) is 22.5. The number of anilines is 1. The van der Waals surface area contributed by atoms with E-state index < -0.39 is 0 Å². The van der Waals surface area contributed by atoms with Crippen LogP contribution in [0.3, 0.4) is 0 Å². The van der Waals surface area contributed by atoms with Crippen LogP contribution in [0, 0.1) is 6.92 Å². The highest BCUT2D eigenvalue weighted by Gasteiger charge is 2.23. The fourth-order valence-electron chi connectivity index (χ4n) is 4.29. The van der Waals surface area contributed by atoms with E-state index >= 15 is 0 Å². The maximum atomic E-state index is 13.1. The molecule has 1 unspecified atom stereocenters. The smallest absolute Gasteiger partial charge is 0.245 e. The highest BCUT2D eigenvalue weighted by molar-refractivity contribution is 5.93. The number of rotatable bonds is 20. The molecule has 1 heterocycles. The number of aryl methyl sites for hydroxylation is 1. The number of unbranched alkanes of at least 4 members (excludes halogenated alkanes) is 8. The van der Waals surface area contributed by atoms with E-state index in [0.717, 1.165) is 45.3 Å². The lowest BCUT2D eigenvalue weighted by Crippen LogP contribution is -2.44. The molecule has 0 radical (unpaired) electrons. The van der Waals surface area contributed by atoms with Crippen LogP contribution in [-0.4, -0.2) is 59.0 Å². The van der Waals surface area contributed by atoms with Crippen LogP contribution in [0.15, 0.2) is 10.6 Å². The summed E-state index contributed by atoms with van der Waals surface area (Å²) in [6.45, 7) is 13.6. The van der Waals surface area contributed by atoms with Gasteiger partial charge >= 0.3 is 0 Å². The van der Waals surface area contributed by atoms with Gasteiger partial charge in [0.1, 0.15) is 12.3 Å². The molecule has 1 N–H and O–H groups in total. The summed E-state index contributed by atoms with van der Waals surface area (Å²) in [6.07, 6.45) is 13.4. The average Bonchev–Trinajstić information content (AvgIpc) is 3.23. The van der Waals surface area contributed by atoms with Gasteiger partial charge in [0.25, 0.3) is 0 Å². The van der Waals surface area contributed by atoms with Crippen molar-refractivity contribution >= 4 is 17.6 Å². The summed E-state index contributed by atoms with van der Waals surface area (Å²) in [5.41, 5.74) is 0. The van der Waals surface area contributed by atoms with E-state index in [-0.39, 0.29) is 24.4 Å². The summed E-state index contributed by atoms with van der Waals surface area (Å²) in [5, 5.41) is 6.58. The van der Waals surface area contributed by atoms with E-state index in [2.05, 4.69) is 43.1 Å². The van der Waals surface area contributed by atoms with Crippen molar-refractivity contribution in [3.63, 3.8) is 0 Å². The lowest BCUT2D eigenvalue weighted by atomic mass is 10.1. The molecular weight excluding hydrogens is 428 g/mol. The van der Waals surface area contributed by atoms with Crippen LogP contribution in [0.4, 0.5) is 5.82 Å². The molecule has 0 aliphatic heterocycles. The largest absolute Gasteiger partial charge is 0.360 e. The molecule has 0 aliphatic rings. The molecule has 1 aromatic rings. The Hall–Kier alpha value is -1.89. The van der Waals surface area contributed by atoms with Crippen molar-refractivity contribution in [3.05, 3.63) is 11.8 Å². The third-order valence-corrected chi connectivity index (χ3v) is 6.55. The highest BCUT2D eigenvalue weighted by atomic mass is 16.5. The number of hydrogen-bond acceptors (Lipinski definition) is 5. The number of nitrogens with one attached hydrogen (secondary N) is 1. The van der Waals surface area contributed by atoms with E-state index in [9.17, 15) is 9.59 Å². The molecule has 7 heteroatoms. The van der Waals surface area contributed by atoms with Crippen molar-refractivity contribution < 1.29 is 14.1 Å². The Morgan fingerprint density at radius 2 is 1.59 bits per heavy atom. The van der Waals surface area contributed by atoms with Gasteiger partial charge in [0.05, 0.1) is 0 Å². The minimum absolute atomic E-state index is 0.0198. The third kappa shape index (κ3) is 13.1. The molecule has 1 aromatic heterocycles. The first-order valence-corrected chi connectivity index (χ1v) is 13.7. The maximum absolute atomic E-state index is 13.1. The predicted molar refractivity (Wildman–Crippen MR) is 140 cm³/mol. The van der Waals surface area contributed by atoms with E-state index in [1.165, 1.54) is 44.9 Å². The summed E-state index contributed by atoms with van der Waals surface area (Å²) in [4.78, 5) is 29.9. The van der Waals surface area contributed by atoms with Crippen LogP contribution in [0.5, 0.6) is 0 Å². The Morgan fingerprint density at radius 3 is 2.15 bits per heavy atom. The first-order valence-electron chi connectivity index (χ1n) is 13.7. The molecule has 1 rings (SSSR count). The third-order valence-electron chi connectivity index (χ3n) is 6.55. The summed E-state index contributed by atoms with van der Waals surface area (Å²) < 4.78 is 5.02. The molecule has 2 amide bonds. The van der Waals surface area contributed by atoms with Crippen molar-refractivity contribution in [1.29, 1.82) is 0 Å². The number of nitrogens with zero attached hydrogens (tertiary/aromatic N) is 3. The van der Waals surface area contributed by atoms with Gasteiger partial charge in [0.15, 0.2) is 5.82 Å². The van der Waals surface area contributed by atoms with Crippen molar-refractivity contribution in [2.24, 2.45) is 0 Å². The van der Waals surface area contributed by atoms with Gasteiger partial charge in [-0.1, -0.05) is 77.3 Å². The Kier molecular flexibility index (Phi) is 16.3. The normalized spacial score (nSPS) is 12.2. The Labute approximate surface area is 208 Å². The minimum atomic E-state index is -0.232. The minimum Gasteiger partial charge on any atom is -0.360 e. The molecular formula is C27H50N4O3. The van der Waals surface area contributed by atoms with E-state index in [1.807, 2.05) is 0 Å². The van der Waals surface area contributed by atoms with Crippen LogP contribution >= 0.6 is 0 Å². The van der Waals surface area contributed by atoms with Crippen LogP contribution in [0.1, 0.15) is 111 Å². The van der Waals surface area contributed by atoms with Crippen LogP contribution in [0.2, 0.25) is 0 Å². The second kappa shape index (κ2) is 18.4. The van der Waals surface area contributed by atoms with Crippen LogP contribution in [-0.2, 0) is 9.59 Å². The molecule has 196 valence electrons. The Bertz CT molecular complexity index is 673. The number of amides is 2. The molecule has 0 saturated carbocycles. The topological polar surface area (TPSA) is 78.7 Å².